The summed E-state index contributed by atoms with van der Waals surface area (Å²) in [4.78, 5) is 23.4. The summed E-state index contributed by atoms with van der Waals surface area (Å²) >= 11 is 0. The van der Waals surface area contributed by atoms with Crippen LogP contribution in [0.3, 0.4) is 0 Å². The van der Waals surface area contributed by atoms with E-state index in [1.807, 2.05) is 24.3 Å². The normalized spacial score (nSPS) is 12.1. The monoisotopic (exact) mass is 749 g/mol. The first kappa shape index (κ1) is 44.2. The third kappa shape index (κ3) is 20.2. The summed E-state index contributed by atoms with van der Waals surface area (Å²) in [6, 6.07) is 16.6. The van der Waals surface area contributed by atoms with E-state index < -0.39 is 6.09 Å². The zero-order valence-corrected chi connectivity index (χ0v) is 31.3. The fraction of sp³-hybridized carbons (Fsp3) is 0.641. The van der Waals surface area contributed by atoms with E-state index in [4.69, 9.17) is 52.1 Å². The third-order valence-corrected chi connectivity index (χ3v) is 7.81. The minimum atomic E-state index is -0.418. The Morgan fingerprint density at radius 3 is 1.30 bits per heavy atom. The van der Waals surface area contributed by atoms with Crippen molar-refractivity contribution in [2.45, 2.75) is 25.7 Å². The molecule has 298 valence electrons. The topological polar surface area (TPSA) is 148 Å². The quantitative estimate of drug-likeness (QED) is 0.0813. The molecule has 0 bridgehead atoms. The lowest BCUT2D eigenvalue weighted by molar-refractivity contribution is -0.144. The van der Waals surface area contributed by atoms with Crippen molar-refractivity contribution in [1.29, 1.82) is 0 Å². The lowest BCUT2D eigenvalue weighted by atomic mass is 9.98. The van der Waals surface area contributed by atoms with Gasteiger partial charge in [-0.05, 0) is 35.6 Å². The van der Waals surface area contributed by atoms with E-state index in [0.29, 0.717) is 145 Å². The van der Waals surface area contributed by atoms with Gasteiger partial charge in [0.25, 0.3) is 0 Å². The smallest absolute Gasteiger partial charge is 0.407 e. The molecule has 0 aliphatic heterocycles. The van der Waals surface area contributed by atoms with Crippen molar-refractivity contribution in [3.63, 3.8) is 0 Å². The first-order valence-corrected chi connectivity index (χ1v) is 18.6. The lowest BCUT2D eigenvalue weighted by Gasteiger charge is -2.14. The summed E-state index contributed by atoms with van der Waals surface area (Å²) < 4.78 is 59.6. The van der Waals surface area contributed by atoms with Crippen LogP contribution in [0.5, 0.6) is 0 Å². The van der Waals surface area contributed by atoms with Gasteiger partial charge in [0.05, 0.1) is 125 Å². The van der Waals surface area contributed by atoms with Crippen LogP contribution in [-0.4, -0.2) is 151 Å². The molecule has 14 heteroatoms. The van der Waals surface area contributed by atoms with Crippen molar-refractivity contribution in [3.8, 4) is 11.1 Å². The average Bonchev–Trinajstić information content (AvgIpc) is 3.49. The predicted molar refractivity (Wildman–Crippen MR) is 196 cm³/mol. The Kier molecular flexibility index (Phi) is 25.2. The minimum absolute atomic E-state index is 0.0474. The Labute approximate surface area is 313 Å². The van der Waals surface area contributed by atoms with Crippen LogP contribution < -0.4 is 5.32 Å². The van der Waals surface area contributed by atoms with Gasteiger partial charge in [0, 0.05) is 19.1 Å². The molecule has 0 saturated heterocycles. The Bertz CT molecular complexity index is 1190. The number of alkyl carbamates (subject to hydrolysis) is 1. The van der Waals surface area contributed by atoms with E-state index in [9.17, 15) is 9.59 Å². The summed E-state index contributed by atoms with van der Waals surface area (Å²) in [5.74, 6) is -0.207. The van der Waals surface area contributed by atoms with Crippen LogP contribution in [0.1, 0.15) is 36.8 Å². The molecule has 0 atom stereocenters. The number of amides is 1. The van der Waals surface area contributed by atoms with Gasteiger partial charge in [-0.1, -0.05) is 48.5 Å². The molecule has 1 aliphatic carbocycles. The van der Waals surface area contributed by atoms with Crippen LogP contribution in [-0.2, 0) is 56.9 Å². The van der Waals surface area contributed by atoms with E-state index >= 15 is 0 Å². The Hall–Kier alpha value is -3.18. The second-order valence-corrected chi connectivity index (χ2v) is 11.7. The van der Waals surface area contributed by atoms with Crippen molar-refractivity contribution in [2.24, 2.45) is 0 Å². The Morgan fingerprint density at radius 2 is 0.887 bits per heavy atom. The summed E-state index contributed by atoms with van der Waals surface area (Å²) in [6.07, 6.45) is 0.515. The van der Waals surface area contributed by atoms with Gasteiger partial charge in [0.15, 0.2) is 0 Å². The number of benzene rings is 2. The molecule has 2 aromatic rings. The molecule has 0 heterocycles. The molecule has 53 heavy (non-hydrogen) atoms. The van der Waals surface area contributed by atoms with Crippen molar-refractivity contribution >= 4 is 12.1 Å². The van der Waals surface area contributed by atoms with Crippen LogP contribution in [0.4, 0.5) is 4.79 Å². The van der Waals surface area contributed by atoms with E-state index in [1.165, 1.54) is 22.3 Å². The summed E-state index contributed by atoms with van der Waals surface area (Å²) in [5, 5.41) is 2.80. The Balaban J connectivity index is 0.958. The average molecular weight is 750 g/mol. The molecule has 1 amide bonds. The second-order valence-electron chi connectivity index (χ2n) is 11.7. The van der Waals surface area contributed by atoms with Gasteiger partial charge in [-0.25, -0.2) is 4.79 Å². The molecule has 3 rings (SSSR count). The molecule has 0 fully saturated rings. The number of nitrogens with one attached hydrogen (secondary N) is 1. The highest BCUT2D eigenvalue weighted by atomic mass is 16.6. The molecule has 1 aliphatic rings. The largest absolute Gasteiger partial charge is 0.466 e. The molecule has 0 saturated carbocycles. The standard InChI is InChI=1S/C39H59NO13/c1-2-52-38(41)12-15-44-17-19-46-21-23-48-25-27-50-29-31-51-30-28-49-26-24-47-22-20-45-18-16-43-14-7-13-40-39(42)53-32-37-35-10-5-3-8-33(35)34-9-4-6-11-36(34)37/h3-6,8-11,37H,2,7,12-32H2,1H3,(H,40,42). The lowest BCUT2D eigenvalue weighted by Crippen LogP contribution is -2.27. The first-order valence-electron chi connectivity index (χ1n) is 18.6. The number of fused-ring (bicyclic) bond motifs is 3. The van der Waals surface area contributed by atoms with Gasteiger partial charge in [-0.3, -0.25) is 4.79 Å². The highest BCUT2D eigenvalue weighted by Gasteiger charge is 2.28. The molecule has 0 radical (unpaired) electrons. The van der Waals surface area contributed by atoms with Crippen LogP contribution in [0.15, 0.2) is 48.5 Å². The van der Waals surface area contributed by atoms with E-state index in [0.717, 1.165) is 0 Å². The van der Waals surface area contributed by atoms with Crippen LogP contribution in [0.25, 0.3) is 11.1 Å². The number of ether oxygens (including phenoxy) is 11. The van der Waals surface area contributed by atoms with Crippen LogP contribution >= 0.6 is 0 Å². The molecule has 0 spiro atoms. The van der Waals surface area contributed by atoms with Crippen LogP contribution in [0, 0.1) is 0 Å². The number of esters is 1. The highest BCUT2D eigenvalue weighted by molar-refractivity contribution is 5.79. The molecule has 1 N–H and O–H groups in total. The van der Waals surface area contributed by atoms with Gasteiger partial charge in [-0.2, -0.15) is 0 Å². The zero-order chi connectivity index (χ0) is 37.4. The van der Waals surface area contributed by atoms with Gasteiger partial charge < -0.3 is 57.4 Å². The number of hydrogen-bond donors (Lipinski definition) is 1. The maximum absolute atomic E-state index is 12.3. The fourth-order valence-electron chi connectivity index (χ4n) is 5.26. The van der Waals surface area contributed by atoms with E-state index in [1.54, 1.807) is 6.92 Å². The predicted octanol–water partition coefficient (Wildman–Crippen LogP) is 4.02. The maximum Gasteiger partial charge on any atom is 0.407 e. The zero-order valence-electron chi connectivity index (χ0n) is 31.3. The van der Waals surface area contributed by atoms with E-state index in [2.05, 4.69) is 29.6 Å². The van der Waals surface area contributed by atoms with Crippen molar-refractivity contribution in [3.05, 3.63) is 59.7 Å². The third-order valence-electron chi connectivity index (χ3n) is 7.81. The molecular weight excluding hydrogens is 690 g/mol. The SMILES string of the molecule is CCOC(=O)CCOCCOCCOCCOCCOCCOCCOCCOCCOCCCNC(=O)OCC1c2ccccc2-c2ccccc21. The minimum Gasteiger partial charge on any atom is -0.466 e. The van der Waals surface area contributed by atoms with E-state index in [-0.39, 0.29) is 18.3 Å². The molecule has 0 aromatic heterocycles. The maximum atomic E-state index is 12.3. The second kappa shape index (κ2) is 30.2. The van der Waals surface area contributed by atoms with Crippen molar-refractivity contribution < 1.29 is 61.7 Å². The Morgan fingerprint density at radius 1 is 0.509 bits per heavy atom. The van der Waals surface area contributed by atoms with Crippen molar-refractivity contribution in [2.75, 3.05) is 139 Å². The fourth-order valence-corrected chi connectivity index (χ4v) is 5.26. The highest BCUT2D eigenvalue weighted by Crippen LogP contribution is 2.44. The number of hydrogen-bond acceptors (Lipinski definition) is 13. The molecular formula is C39H59NO13. The molecule has 0 unspecified atom stereocenters. The number of carbonyl (C=O) groups excluding carboxylic acids is 2. The van der Waals surface area contributed by atoms with Crippen molar-refractivity contribution in [1.82, 2.24) is 5.32 Å². The van der Waals surface area contributed by atoms with Gasteiger partial charge >= 0.3 is 12.1 Å². The summed E-state index contributed by atoms with van der Waals surface area (Å²) in [6.45, 7) is 11.4. The van der Waals surface area contributed by atoms with Crippen LogP contribution in [0.2, 0.25) is 0 Å². The summed E-state index contributed by atoms with van der Waals surface area (Å²) in [5.41, 5.74) is 4.80. The first-order chi connectivity index (χ1) is 26.2. The van der Waals surface area contributed by atoms with Gasteiger partial charge in [-0.15, -0.1) is 0 Å². The number of carbonyl (C=O) groups is 2. The summed E-state index contributed by atoms with van der Waals surface area (Å²) in [7, 11) is 0. The molecule has 2 aromatic carbocycles. The van der Waals surface area contributed by atoms with Gasteiger partial charge in [0.2, 0.25) is 0 Å². The number of rotatable bonds is 34. The van der Waals surface area contributed by atoms with Gasteiger partial charge in [0.1, 0.15) is 6.61 Å². The molecule has 14 nitrogen and oxygen atoms in total.